The maximum Gasteiger partial charge on any atom is 0.0249 e. The summed E-state index contributed by atoms with van der Waals surface area (Å²) in [6.45, 7) is 6.09. The molecule has 1 fully saturated rings. The van der Waals surface area contributed by atoms with Crippen molar-refractivity contribution >= 4 is 6.08 Å². The van der Waals surface area contributed by atoms with Crippen molar-refractivity contribution < 1.29 is 0 Å². The van der Waals surface area contributed by atoms with Gasteiger partial charge in [-0.25, -0.2) is 0 Å². The topological polar surface area (TPSA) is 0 Å². The van der Waals surface area contributed by atoms with Gasteiger partial charge < -0.3 is 0 Å². The molecule has 1 aliphatic rings. The van der Waals surface area contributed by atoms with Crippen LogP contribution in [0.1, 0.15) is 87.0 Å². The maximum atomic E-state index is 3.79. The first-order chi connectivity index (χ1) is 14.3. The number of rotatable bonds is 8. The molecule has 152 valence electrons. The molecule has 29 heavy (non-hydrogen) atoms. The quantitative estimate of drug-likeness (QED) is 0.319. The third kappa shape index (κ3) is 7.25. The lowest BCUT2D eigenvalue weighted by molar-refractivity contribution is 0.249. The second kappa shape index (κ2) is 11.7. The molecule has 0 heterocycles. The highest BCUT2D eigenvalue weighted by Gasteiger charge is 2.20. The van der Waals surface area contributed by atoms with E-state index in [1.165, 1.54) is 69.8 Å². The summed E-state index contributed by atoms with van der Waals surface area (Å²) in [5.41, 5.74) is 4.72. The number of benzene rings is 2. The summed E-state index contributed by atoms with van der Waals surface area (Å²) in [7, 11) is 0. The molecule has 0 amide bonds. The summed E-state index contributed by atoms with van der Waals surface area (Å²) in [5, 5.41) is 0. The Morgan fingerprint density at radius 3 is 1.90 bits per heavy atom. The van der Waals surface area contributed by atoms with E-state index in [0.717, 1.165) is 28.5 Å². The molecule has 0 atom stereocenters. The van der Waals surface area contributed by atoms with Crippen LogP contribution in [0.3, 0.4) is 0 Å². The van der Waals surface area contributed by atoms with E-state index in [-0.39, 0.29) is 0 Å². The molecule has 2 aromatic carbocycles. The molecule has 0 saturated heterocycles. The van der Waals surface area contributed by atoms with Crippen molar-refractivity contribution in [3.05, 3.63) is 77.4 Å². The lowest BCUT2D eigenvalue weighted by atomic mass is 9.78. The molecule has 0 radical (unpaired) electrons. The van der Waals surface area contributed by atoms with E-state index < -0.39 is 0 Å². The predicted octanol–water partition coefficient (Wildman–Crippen LogP) is 8.05. The molecule has 0 nitrogen and oxygen atoms in total. The minimum Gasteiger partial charge on any atom is -0.0985 e. The Hall–Kier alpha value is -2.26. The van der Waals surface area contributed by atoms with Crippen molar-refractivity contribution in [2.45, 2.75) is 71.1 Å². The van der Waals surface area contributed by atoms with Gasteiger partial charge in [-0.2, -0.15) is 0 Å². The Labute approximate surface area is 178 Å². The largest absolute Gasteiger partial charge is 0.0985 e. The Kier molecular flexibility index (Phi) is 8.63. The summed E-state index contributed by atoms with van der Waals surface area (Å²) in [4.78, 5) is 0. The average Bonchev–Trinajstić information content (AvgIpc) is 2.78. The van der Waals surface area contributed by atoms with E-state index in [1.807, 2.05) is 6.08 Å². The van der Waals surface area contributed by atoms with Gasteiger partial charge in [0, 0.05) is 11.1 Å². The normalized spacial score (nSPS) is 18.7. The van der Waals surface area contributed by atoms with Crippen LogP contribution in [0.4, 0.5) is 0 Å². The molecule has 0 aromatic heterocycles. The van der Waals surface area contributed by atoms with Gasteiger partial charge in [-0.05, 0) is 60.1 Å². The van der Waals surface area contributed by atoms with Crippen molar-refractivity contribution in [3.8, 4) is 11.8 Å². The molecule has 3 rings (SSSR count). The summed E-state index contributed by atoms with van der Waals surface area (Å²) in [5.74, 6) is 8.49. The van der Waals surface area contributed by atoms with Gasteiger partial charge in [0.15, 0.2) is 0 Å². The van der Waals surface area contributed by atoms with Crippen molar-refractivity contribution in [1.29, 1.82) is 0 Å². The molecule has 1 saturated carbocycles. The number of hydrogen-bond acceptors (Lipinski definition) is 0. The zero-order valence-electron chi connectivity index (χ0n) is 18.1. The summed E-state index contributed by atoms with van der Waals surface area (Å²) in [6.07, 6.45) is 15.9. The zero-order chi connectivity index (χ0) is 20.3. The molecule has 0 aliphatic heterocycles. The molecule has 0 bridgehead atoms. The van der Waals surface area contributed by atoms with Crippen LogP contribution in [-0.2, 0) is 6.42 Å². The van der Waals surface area contributed by atoms with Gasteiger partial charge in [-0.15, -0.1) is 0 Å². The SMILES string of the molecule is C=Cc1ccc(C#Cc2ccc(CCC3CCC(CCCCC)CC3)cc2)cc1. The zero-order valence-corrected chi connectivity index (χ0v) is 18.1. The molecule has 2 aromatic rings. The van der Waals surface area contributed by atoms with Gasteiger partial charge in [0.25, 0.3) is 0 Å². The standard InChI is InChI=1S/C29H36/c1-3-5-6-7-25-12-14-27(15-13-25)18-19-29-22-20-28(21-23-29)17-16-26-10-8-24(4-2)9-11-26/h4,8-11,20-23,25,27H,2-3,5-7,12-15,18-19H2,1H3. The smallest absolute Gasteiger partial charge is 0.0249 e. The van der Waals surface area contributed by atoms with Crippen LogP contribution >= 0.6 is 0 Å². The summed E-state index contributed by atoms with van der Waals surface area (Å²) >= 11 is 0. The van der Waals surface area contributed by atoms with Crippen molar-refractivity contribution in [2.24, 2.45) is 11.8 Å². The van der Waals surface area contributed by atoms with Crippen LogP contribution < -0.4 is 0 Å². The van der Waals surface area contributed by atoms with E-state index in [4.69, 9.17) is 0 Å². The Morgan fingerprint density at radius 2 is 1.34 bits per heavy atom. The molecule has 0 unspecified atom stereocenters. The monoisotopic (exact) mass is 384 g/mol. The predicted molar refractivity (Wildman–Crippen MR) is 127 cm³/mol. The van der Waals surface area contributed by atoms with Crippen LogP contribution in [0.5, 0.6) is 0 Å². The van der Waals surface area contributed by atoms with Crippen LogP contribution in [0, 0.1) is 23.7 Å². The average molecular weight is 385 g/mol. The van der Waals surface area contributed by atoms with Gasteiger partial charge >= 0.3 is 0 Å². The molecule has 0 spiro atoms. The highest BCUT2D eigenvalue weighted by Crippen LogP contribution is 2.34. The van der Waals surface area contributed by atoms with Gasteiger partial charge in [0.2, 0.25) is 0 Å². The van der Waals surface area contributed by atoms with E-state index in [1.54, 1.807) is 0 Å². The van der Waals surface area contributed by atoms with Crippen LogP contribution in [0.2, 0.25) is 0 Å². The second-order valence-electron chi connectivity index (χ2n) is 8.69. The minimum atomic E-state index is 0.940. The van der Waals surface area contributed by atoms with Gasteiger partial charge in [0.05, 0.1) is 0 Å². The third-order valence-electron chi connectivity index (χ3n) is 6.48. The van der Waals surface area contributed by atoms with Crippen LogP contribution in [0.15, 0.2) is 55.1 Å². The van der Waals surface area contributed by atoms with E-state index in [2.05, 4.69) is 73.9 Å². The molecular weight excluding hydrogens is 348 g/mol. The van der Waals surface area contributed by atoms with Crippen LogP contribution in [-0.4, -0.2) is 0 Å². The Bertz CT molecular complexity index is 790. The van der Waals surface area contributed by atoms with Crippen LogP contribution in [0.25, 0.3) is 6.08 Å². The van der Waals surface area contributed by atoms with Crippen molar-refractivity contribution in [1.82, 2.24) is 0 Å². The number of aryl methyl sites for hydroxylation is 1. The van der Waals surface area contributed by atoms with Gasteiger partial charge in [0.1, 0.15) is 0 Å². The summed E-state index contributed by atoms with van der Waals surface area (Å²) in [6, 6.07) is 17.1. The fraction of sp³-hybridized carbons (Fsp3) is 0.448. The first-order valence-electron chi connectivity index (χ1n) is 11.6. The second-order valence-corrected chi connectivity index (χ2v) is 8.69. The first-order valence-corrected chi connectivity index (χ1v) is 11.6. The van der Waals surface area contributed by atoms with Gasteiger partial charge in [-0.3, -0.25) is 0 Å². The highest BCUT2D eigenvalue weighted by atomic mass is 14.3. The lowest BCUT2D eigenvalue weighted by Crippen LogP contribution is -2.15. The molecule has 1 aliphatic carbocycles. The molecule has 0 N–H and O–H groups in total. The maximum absolute atomic E-state index is 3.79. The van der Waals surface area contributed by atoms with Crippen molar-refractivity contribution in [2.75, 3.05) is 0 Å². The first kappa shape index (κ1) is 21.4. The summed E-state index contributed by atoms with van der Waals surface area (Å²) < 4.78 is 0. The van der Waals surface area contributed by atoms with E-state index in [9.17, 15) is 0 Å². The van der Waals surface area contributed by atoms with Gasteiger partial charge in [-0.1, -0.05) is 107 Å². The Morgan fingerprint density at radius 1 is 0.793 bits per heavy atom. The van der Waals surface area contributed by atoms with Crippen molar-refractivity contribution in [3.63, 3.8) is 0 Å². The Balaban J connectivity index is 1.42. The number of unbranched alkanes of at least 4 members (excludes halogenated alkanes) is 2. The minimum absolute atomic E-state index is 0.940. The van der Waals surface area contributed by atoms with E-state index in [0.29, 0.717) is 0 Å². The fourth-order valence-corrected chi connectivity index (χ4v) is 4.46. The highest BCUT2D eigenvalue weighted by molar-refractivity contribution is 5.50. The van der Waals surface area contributed by atoms with E-state index >= 15 is 0 Å². The fourth-order valence-electron chi connectivity index (χ4n) is 4.46. The lowest BCUT2D eigenvalue weighted by Gasteiger charge is -2.28. The number of hydrogen-bond donors (Lipinski definition) is 0. The third-order valence-corrected chi connectivity index (χ3v) is 6.48. The molecule has 0 heteroatoms. The molecular formula is C29H36.